The molecule has 0 saturated carbocycles. The molecule has 1 atom stereocenters. The van der Waals surface area contributed by atoms with Crippen LogP contribution in [0.15, 0.2) is 18.3 Å². The Morgan fingerprint density at radius 3 is 2.77 bits per heavy atom. The van der Waals surface area contributed by atoms with Crippen molar-refractivity contribution in [1.29, 1.82) is 0 Å². The fraction of sp³-hybridized carbons (Fsp3) is 0.375. The molecule has 1 aromatic rings. The highest BCUT2D eigenvalue weighted by Crippen LogP contribution is 2.44. The maximum Gasteiger partial charge on any atom is 0.332 e. The van der Waals surface area contributed by atoms with Crippen molar-refractivity contribution in [2.45, 2.75) is 13.1 Å². The number of aryl methyl sites for hydroxylation is 1. The highest BCUT2D eigenvalue weighted by Gasteiger charge is 2.17. The van der Waals surface area contributed by atoms with E-state index in [1.54, 1.807) is 18.3 Å². The first-order valence-electron chi connectivity index (χ1n) is 3.82. The molecule has 4 nitrogen and oxygen atoms in total. The van der Waals surface area contributed by atoms with Crippen LogP contribution in [0.5, 0.6) is 0 Å². The average Bonchev–Trinajstić information content (AvgIpc) is 2.09. The molecule has 1 aromatic heterocycles. The summed E-state index contributed by atoms with van der Waals surface area (Å²) in [5.74, 6) is 0. The second-order valence-corrected chi connectivity index (χ2v) is 4.74. The summed E-state index contributed by atoms with van der Waals surface area (Å²) < 4.78 is 15.6. The SMILES string of the molecule is COP(=O)(O)Cc1ccc(C)nc1. The number of pyridine rings is 1. The summed E-state index contributed by atoms with van der Waals surface area (Å²) >= 11 is 0. The first-order valence-corrected chi connectivity index (χ1v) is 5.59. The van der Waals surface area contributed by atoms with Crippen LogP contribution < -0.4 is 0 Å². The van der Waals surface area contributed by atoms with Crippen molar-refractivity contribution >= 4 is 7.60 Å². The molecule has 1 heterocycles. The van der Waals surface area contributed by atoms with E-state index in [9.17, 15) is 4.57 Å². The van der Waals surface area contributed by atoms with Crippen molar-refractivity contribution in [3.8, 4) is 0 Å². The van der Waals surface area contributed by atoms with E-state index < -0.39 is 7.60 Å². The molecule has 72 valence electrons. The van der Waals surface area contributed by atoms with Crippen molar-refractivity contribution in [3.63, 3.8) is 0 Å². The molecule has 0 aliphatic rings. The molecule has 0 bridgehead atoms. The maximum atomic E-state index is 11.1. The standard InChI is InChI=1S/C8H12NO3P/c1-7-3-4-8(5-9-7)6-13(10,11)12-2/h3-5H,6H2,1-2H3,(H,10,11). The van der Waals surface area contributed by atoms with Crippen molar-refractivity contribution in [1.82, 2.24) is 4.98 Å². The third-order valence-electron chi connectivity index (χ3n) is 1.64. The van der Waals surface area contributed by atoms with Gasteiger partial charge in [0.05, 0.1) is 6.16 Å². The van der Waals surface area contributed by atoms with Gasteiger partial charge in [-0.2, -0.15) is 0 Å². The van der Waals surface area contributed by atoms with Crippen LogP contribution in [0.25, 0.3) is 0 Å². The van der Waals surface area contributed by atoms with E-state index in [1.165, 1.54) is 7.11 Å². The predicted octanol–water partition coefficient (Wildman–Crippen LogP) is 1.72. The molecule has 0 aliphatic heterocycles. The highest BCUT2D eigenvalue weighted by molar-refractivity contribution is 7.51. The average molecular weight is 201 g/mol. The topological polar surface area (TPSA) is 59.4 Å². The molecule has 1 unspecified atom stereocenters. The fourth-order valence-electron chi connectivity index (χ4n) is 0.887. The molecule has 5 heteroatoms. The minimum atomic E-state index is -3.45. The Hall–Kier alpha value is -0.700. The van der Waals surface area contributed by atoms with Gasteiger partial charge in [-0.15, -0.1) is 0 Å². The number of nitrogens with zero attached hydrogens (tertiary/aromatic N) is 1. The van der Waals surface area contributed by atoms with Crippen LogP contribution in [0.3, 0.4) is 0 Å². The van der Waals surface area contributed by atoms with Crippen LogP contribution in [0, 0.1) is 6.92 Å². The Morgan fingerprint density at radius 1 is 1.62 bits per heavy atom. The molecule has 0 fully saturated rings. The largest absolute Gasteiger partial charge is 0.332 e. The molecule has 1 N–H and O–H groups in total. The summed E-state index contributed by atoms with van der Waals surface area (Å²) in [6.07, 6.45) is 1.59. The molecule has 0 amide bonds. The first-order chi connectivity index (χ1) is 6.03. The van der Waals surface area contributed by atoms with Crippen molar-refractivity contribution in [3.05, 3.63) is 29.6 Å². The van der Waals surface area contributed by atoms with E-state index in [4.69, 9.17) is 4.89 Å². The van der Waals surface area contributed by atoms with Crippen LogP contribution in [-0.2, 0) is 15.3 Å². The van der Waals surface area contributed by atoms with E-state index >= 15 is 0 Å². The summed E-state index contributed by atoms with van der Waals surface area (Å²) in [6.45, 7) is 1.86. The smallest absolute Gasteiger partial charge is 0.324 e. The molecule has 1 rings (SSSR count). The second kappa shape index (κ2) is 4.01. The van der Waals surface area contributed by atoms with Crippen molar-refractivity contribution in [2.75, 3.05) is 7.11 Å². The van der Waals surface area contributed by atoms with Crippen LogP contribution in [0.2, 0.25) is 0 Å². The lowest BCUT2D eigenvalue weighted by Gasteiger charge is -2.07. The van der Waals surface area contributed by atoms with Crippen molar-refractivity contribution in [2.24, 2.45) is 0 Å². The molecular weight excluding hydrogens is 189 g/mol. The third-order valence-corrected chi connectivity index (χ3v) is 2.98. The van der Waals surface area contributed by atoms with E-state index in [-0.39, 0.29) is 6.16 Å². The van der Waals surface area contributed by atoms with Crippen LogP contribution in [-0.4, -0.2) is 17.0 Å². The van der Waals surface area contributed by atoms with Gasteiger partial charge >= 0.3 is 7.60 Å². The second-order valence-electron chi connectivity index (χ2n) is 2.79. The minimum absolute atomic E-state index is 0.0107. The lowest BCUT2D eigenvalue weighted by Crippen LogP contribution is -1.91. The lowest BCUT2D eigenvalue weighted by atomic mass is 10.3. The number of rotatable bonds is 3. The normalized spacial score (nSPS) is 15.3. The van der Waals surface area contributed by atoms with Gasteiger partial charge in [0.15, 0.2) is 0 Å². The Bertz CT molecular complexity index is 323. The molecule has 13 heavy (non-hydrogen) atoms. The molecule has 0 spiro atoms. The van der Waals surface area contributed by atoms with Gasteiger partial charge in [-0.25, -0.2) is 0 Å². The Morgan fingerprint density at radius 2 is 2.31 bits per heavy atom. The summed E-state index contributed by atoms with van der Waals surface area (Å²) in [5, 5.41) is 0. The van der Waals surface area contributed by atoms with E-state index in [1.807, 2.05) is 6.92 Å². The van der Waals surface area contributed by atoms with Gasteiger partial charge in [-0.1, -0.05) is 6.07 Å². The highest BCUT2D eigenvalue weighted by atomic mass is 31.2. The van der Waals surface area contributed by atoms with Gasteiger partial charge in [0.1, 0.15) is 0 Å². The van der Waals surface area contributed by atoms with Gasteiger partial charge < -0.3 is 9.42 Å². The lowest BCUT2D eigenvalue weighted by molar-refractivity contribution is 0.314. The van der Waals surface area contributed by atoms with Crippen molar-refractivity contribution < 1.29 is 14.0 Å². The van der Waals surface area contributed by atoms with Crippen LogP contribution in [0.1, 0.15) is 11.3 Å². The zero-order valence-corrected chi connectivity index (χ0v) is 8.49. The monoisotopic (exact) mass is 201 g/mol. The van der Waals surface area contributed by atoms with Crippen LogP contribution in [0.4, 0.5) is 0 Å². The van der Waals surface area contributed by atoms with E-state index in [0.717, 1.165) is 5.69 Å². The van der Waals surface area contributed by atoms with Gasteiger partial charge in [0.2, 0.25) is 0 Å². The maximum absolute atomic E-state index is 11.1. The third kappa shape index (κ3) is 3.27. The molecule has 0 aromatic carbocycles. The number of hydrogen-bond acceptors (Lipinski definition) is 3. The molecular formula is C8H12NO3P. The van der Waals surface area contributed by atoms with E-state index in [2.05, 4.69) is 9.51 Å². The van der Waals surface area contributed by atoms with Gasteiger partial charge in [0, 0.05) is 19.0 Å². The minimum Gasteiger partial charge on any atom is -0.324 e. The number of aromatic nitrogens is 1. The zero-order chi connectivity index (χ0) is 9.90. The summed E-state index contributed by atoms with van der Waals surface area (Å²) in [5.41, 5.74) is 1.59. The summed E-state index contributed by atoms with van der Waals surface area (Å²) in [4.78, 5) is 13.2. The molecule has 0 aliphatic carbocycles. The predicted molar refractivity (Wildman–Crippen MR) is 49.5 cm³/mol. The fourth-order valence-corrected chi connectivity index (χ4v) is 1.66. The van der Waals surface area contributed by atoms with E-state index in [0.29, 0.717) is 5.56 Å². The molecule has 0 saturated heterocycles. The van der Waals surface area contributed by atoms with Crippen LogP contribution >= 0.6 is 7.60 Å². The summed E-state index contributed by atoms with van der Waals surface area (Å²) in [6, 6.07) is 3.56. The number of hydrogen-bond donors (Lipinski definition) is 1. The molecule has 0 radical (unpaired) electrons. The Kier molecular flexibility index (Phi) is 3.20. The van der Waals surface area contributed by atoms with Gasteiger partial charge in [0.25, 0.3) is 0 Å². The van der Waals surface area contributed by atoms with Gasteiger partial charge in [-0.3, -0.25) is 9.55 Å². The first kappa shape index (κ1) is 10.4. The quantitative estimate of drug-likeness (QED) is 0.756. The Labute approximate surface area is 77.1 Å². The van der Waals surface area contributed by atoms with Gasteiger partial charge in [-0.05, 0) is 18.6 Å². The Balaban J connectivity index is 2.75. The summed E-state index contributed by atoms with van der Waals surface area (Å²) in [7, 11) is -2.23. The zero-order valence-electron chi connectivity index (χ0n) is 7.60.